The van der Waals surface area contributed by atoms with Crippen LogP contribution < -0.4 is 19.7 Å². The minimum atomic E-state index is -1.33. The summed E-state index contributed by atoms with van der Waals surface area (Å²) in [6.45, 7) is 3.60. The van der Waals surface area contributed by atoms with Crippen molar-refractivity contribution < 1.29 is 23.9 Å². The average Bonchev–Trinajstić information content (AvgIpc) is 3.41. The third-order valence-corrected chi connectivity index (χ3v) is 6.32. The number of urea groups is 1. The van der Waals surface area contributed by atoms with Crippen molar-refractivity contribution in [3.8, 4) is 11.5 Å². The molecule has 0 radical (unpaired) electrons. The van der Waals surface area contributed by atoms with Gasteiger partial charge >= 0.3 is 6.03 Å². The van der Waals surface area contributed by atoms with E-state index in [2.05, 4.69) is 5.32 Å². The molecule has 1 atom stereocenters. The Hall–Kier alpha value is -4.33. The van der Waals surface area contributed by atoms with Crippen LogP contribution in [0.5, 0.6) is 11.5 Å². The summed E-state index contributed by atoms with van der Waals surface area (Å²) in [7, 11) is 0. The first-order chi connectivity index (χ1) is 16.8. The number of aryl methyl sites for hydroxylation is 1. The second-order valence-corrected chi connectivity index (χ2v) is 8.82. The first-order valence-corrected chi connectivity index (χ1v) is 11.3. The molecule has 4 amide bonds. The van der Waals surface area contributed by atoms with E-state index in [1.165, 1.54) is 0 Å². The maximum absolute atomic E-state index is 13.5. The number of hydrogen-bond donors (Lipinski definition) is 1. The third-order valence-electron chi connectivity index (χ3n) is 6.32. The summed E-state index contributed by atoms with van der Waals surface area (Å²) in [6, 6.07) is 21.6. The Morgan fingerprint density at radius 1 is 1.00 bits per heavy atom. The minimum absolute atomic E-state index is 0.104. The van der Waals surface area contributed by atoms with Crippen molar-refractivity contribution in [2.45, 2.75) is 25.9 Å². The zero-order valence-corrected chi connectivity index (χ0v) is 19.5. The van der Waals surface area contributed by atoms with Gasteiger partial charge in [-0.15, -0.1) is 0 Å². The van der Waals surface area contributed by atoms with E-state index < -0.39 is 17.5 Å². The van der Waals surface area contributed by atoms with Crippen LogP contribution in [0.25, 0.3) is 0 Å². The van der Waals surface area contributed by atoms with Gasteiger partial charge in [0.25, 0.3) is 5.91 Å². The van der Waals surface area contributed by atoms with Gasteiger partial charge in [0.2, 0.25) is 12.7 Å². The topological polar surface area (TPSA) is 88.2 Å². The molecule has 0 bridgehead atoms. The molecule has 1 N–H and O–H groups in total. The lowest BCUT2D eigenvalue weighted by Crippen LogP contribution is -2.44. The zero-order valence-electron chi connectivity index (χ0n) is 19.5. The molecule has 1 unspecified atom stereocenters. The lowest BCUT2D eigenvalue weighted by molar-refractivity contribution is -0.134. The van der Waals surface area contributed by atoms with Crippen LogP contribution in [0.1, 0.15) is 23.6 Å². The number of anilines is 1. The number of fused-ring (bicyclic) bond motifs is 1. The smallest absolute Gasteiger partial charge is 0.325 e. The van der Waals surface area contributed by atoms with E-state index in [1.54, 1.807) is 30.0 Å². The van der Waals surface area contributed by atoms with E-state index in [1.807, 2.05) is 61.5 Å². The average molecular weight is 472 g/mol. The van der Waals surface area contributed by atoms with Gasteiger partial charge < -0.3 is 19.7 Å². The third kappa shape index (κ3) is 4.19. The van der Waals surface area contributed by atoms with Gasteiger partial charge in [-0.25, -0.2) is 4.79 Å². The standard InChI is InChI=1S/C27H25N3O5/c1-18-7-6-10-21(13-18)29(15-19-8-4-3-5-9-19)24(31)16-30-25(32)27(2,28-26(30)33)20-11-12-22-23(14-20)35-17-34-22/h3-14H,15-17H2,1-2H3,(H,28,33). The molecule has 3 aromatic carbocycles. The van der Waals surface area contributed by atoms with Gasteiger partial charge in [-0.2, -0.15) is 0 Å². The quantitative estimate of drug-likeness (QED) is 0.554. The van der Waals surface area contributed by atoms with Crippen molar-refractivity contribution >= 4 is 23.5 Å². The molecule has 2 aliphatic rings. The molecular formula is C27H25N3O5. The maximum Gasteiger partial charge on any atom is 0.325 e. The fourth-order valence-electron chi connectivity index (χ4n) is 4.35. The number of rotatable bonds is 6. The molecule has 35 heavy (non-hydrogen) atoms. The van der Waals surface area contributed by atoms with E-state index in [0.717, 1.165) is 16.0 Å². The number of carbonyl (C=O) groups is 3. The Bertz CT molecular complexity index is 1310. The highest BCUT2D eigenvalue weighted by molar-refractivity contribution is 6.10. The van der Waals surface area contributed by atoms with Gasteiger partial charge in [-0.3, -0.25) is 14.5 Å². The van der Waals surface area contributed by atoms with Gasteiger partial charge in [0.05, 0.1) is 6.54 Å². The van der Waals surface area contributed by atoms with Crippen LogP contribution in [0.15, 0.2) is 72.8 Å². The van der Waals surface area contributed by atoms with Gasteiger partial charge in [-0.05, 0) is 54.8 Å². The van der Waals surface area contributed by atoms with E-state index in [-0.39, 0.29) is 19.2 Å². The molecule has 1 saturated heterocycles. The molecule has 8 nitrogen and oxygen atoms in total. The monoisotopic (exact) mass is 471 g/mol. The highest BCUT2D eigenvalue weighted by atomic mass is 16.7. The van der Waals surface area contributed by atoms with Gasteiger partial charge in [0, 0.05) is 5.69 Å². The van der Waals surface area contributed by atoms with Crippen LogP contribution in [-0.2, 0) is 21.7 Å². The SMILES string of the molecule is Cc1cccc(N(Cc2ccccc2)C(=O)CN2C(=O)NC(C)(c3ccc4c(c3)OCO4)C2=O)c1. The molecule has 0 aromatic heterocycles. The van der Waals surface area contributed by atoms with Crippen LogP contribution in [0.4, 0.5) is 10.5 Å². The Morgan fingerprint density at radius 3 is 2.54 bits per heavy atom. The van der Waals surface area contributed by atoms with E-state index in [4.69, 9.17) is 9.47 Å². The lowest BCUT2D eigenvalue weighted by Gasteiger charge is -2.26. The molecule has 178 valence electrons. The Balaban J connectivity index is 1.40. The van der Waals surface area contributed by atoms with Gasteiger partial charge in [0.15, 0.2) is 11.5 Å². The lowest BCUT2D eigenvalue weighted by atomic mass is 9.91. The van der Waals surface area contributed by atoms with E-state index >= 15 is 0 Å². The maximum atomic E-state index is 13.5. The number of benzene rings is 3. The predicted octanol–water partition coefficient (Wildman–Crippen LogP) is 3.72. The van der Waals surface area contributed by atoms with E-state index in [0.29, 0.717) is 29.3 Å². The highest BCUT2D eigenvalue weighted by Crippen LogP contribution is 2.38. The second-order valence-electron chi connectivity index (χ2n) is 8.82. The molecule has 0 saturated carbocycles. The molecule has 0 aliphatic carbocycles. The zero-order chi connectivity index (χ0) is 24.6. The molecule has 8 heteroatoms. The molecular weight excluding hydrogens is 446 g/mol. The van der Waals surface area contributed by atoms with Crippen LogP contribution in [0.3, 0.4) is 0 Å². The minimum Gasteiger partial charge on any atom is -0.454 e. The first-order valence-electron chi connectivity index (χ1n) is 11.3. The summed E-state index contributed by atoms with van der Waals surface area (Å²) in [5.74, 6) is 0.223. The number of amides is 4. The molecule has 1 fully saturated rings. The second kappa shape index (κ2) is 8.79. The summed E-state index contributed by atoms with van der Waals surface area (Å²) in [5.41, 5.74) is 1.86. The summed E-state index contributed by atoms with van der Waals surface area (Å²) in [6.07, 6.45) is 0. The van der Waals surface area contributed by atoms with E-state index in [9.17, 15) is 14.4 Å². The summed E-state index contributed by atoms with van der Waals surface area (Å²) >= 11 is 0. The molecule has 5 rings (SSSR count). The van der Waals surface area contributed by atoms with Crippen molar-refractivity contribution in [2.24, 2.45) is 0 Å². The molecule has 2 aliphatic heterocycles. The summed E-state index contributed by atoms with van der Waals surface area (Å²) in [4.78, 5) is 42.4. The Morgan fingerprint density at radius 2 is 1.77 bits per heavy atom. The summed E-state index contributed by atoms with van der Waals surface area (Å²) in [5, 5.41) is 2.75. The van der Waals surface area contributed by atoms with Crippen LogP contribution in [0.2, 0.25) is 0 Å². The van der Waals surface area contributed by atoms with Crippen LogP contribution >= 0.6 is 0 Å². The van der Waals surface area contributed by atoms with Crippen molar-refractivity contribution in [1.29, 1.82) is 0 Å². The fraction of sp³-hybridized carbons (Fsp3) is 0.222. The van der Waals surface area contributed by atoms with Gasteiger partial charge in [0.1, 0.15) is 12.1 Å². The molecule has 2 heterocycles. The number of ether oxygens (including phenoxy) is 2. The van der Waals surface area contributed by atoms with Gasteiger partial charge in [-0.1, -0.05) is 48.5 Å². The Kier molecular flexibility index (Phi) is 5.64. The Labute approximate surface area is 203 Å². The number of carbonyl (C=O) groups excluding carboxylic acids is 3. The molecule has 0 spiro atoms. The highest BCUT2D eigenvalue weighted by Gasteiger charge is 2.50. The molecule has 3 aromatic rings. The number of imide groups is 1. The van der Waals surface area contributed by atoms with Crippen molar-refractivity contribution in [1.82, 2.24) is 10.2 Å². The predicted molar refractivity (Wildman–Crippen MR) is 129 cm³/mol. The van der Waals surface area contributed by atoms with Crippen molar-refractivity contribution in [2.75, 3.05) is 18.2 Å². The number of hydrogen-bond acceptors (Lipinski definition) is 5. The number of nitrogens with zero attached hydrogens (tertiary/aromatic N) is 2. The number of nitrogens with one attached hydrogen (secondary N) is 1. The fourth-order valence-corrected chi connectivity index (χ4v) is 4.35. The normalized spacial score (nSPS) is 18.5. The van der Waals surface area contributed by atoms with Crippen LogP contribution in [0, 0.1) is 6.92 Å². The largest absolute Gasteiger partial charge is 0.454 e. The van der Waals surface area contributed by atoms with Crippen LogP contribution in [-0.4, -0.2) is 36.1 Å². The van der Waals surface area contributed by atoms with Crippen molar-refractivity contribution in [3.05, 3.63) is 89.5 Å². The van der Waals surface area contributed by atoms with Crippen molar-refractivity contribution in [3.63, 3.8) is 0 Å². The first kappa shape index (κ1) is 22.5. The summed E-state index contributed by atoms with van der Waals surface area (Å²) < 4.78 is 10.8.